The number of hydrogen-bond donors (Lipinski definition) is 0. The maximum absolute atomic E-state index is 12.2. The van der Waals surface area contributed by atoms with Crippen molar-refractivity contribution in [3.63, 3.8) is 0 Å². The minimum Gasteiger partial charge on any atom is -0.872 e. The molecule has 13 heteroatoms. The van der Waals surface area contributed by atoms with Crippen LogP contribution in [-0.2, 0) is 0 Å². The van der Waals surface area contributed by atoms with Crippen LogP contribution in [0.3, 0.4) is 0 Å². The molecule has 0 amide bonds. The summed E-state index contributed by atoms with van der Waals surface area (Å²) in [5.74, 6) is -0.619. The SMILES string of the molecule is Cc1cc(=O)oc2c(C=NCCN=Cc3c([O-])ccc4c(C)cc(=O)oc34)c([O-])ccc12.O=[N+]([O-])[O-].[La+3]. The molecule has 0 spiro atoms. The van der Waals surface area contributed by atoms with Gasteiger partial charge in [0.25, 0.3) is 0 Å². The Kier molecular flexibility index (Phi) is 10.3. The fourth-order valence-electron chi connectivity index (χ4n) is 3.44. The molecule has 4 aromatic rings. The van der Waals surface area contributed by atoms with E-state index >= 15 is 0 Å². The number of rotatable bonds is 5. The van der Waals surface area contributed by atoms with E-state index in [1.807, 2.05) is 0 Å². The van der Waals surface area contributed by atoms with Crippen molar-refractivity contribution >= 4 is 34.4 Å². The third-order valence-electron chi connectivity index (χ3n) is 5.03. The number of hydrogen-bond acceptors (Lipinski definition) is 11. The zero-order valence-corrected chi connectivity index (χ0v) is 23.3. The average Bonchev–Trinajstić information content (AvgIpc) is 2.78. The van der Waals surface area contributed by atoms with Gasteiger partial charge in [-0.3, -0.25) is 9.98 Å². The van der Waals surface area contributed by atoms with Crippen LogP contribution >= 0.6 is 0 Å². The standard InChI is InChI=1S/C24H20N2O6.La.NO3/c1-13-9-21(29)31-23-15(13)3-5-19(27)17(23)11-25-7-8-26-12-18-20(28)6-4-16-14(2)10-22(30)32-24(16)18;;2-1(3)4/h3-6,9-12,27-28H,7-8H2,1-2H3;;/q;+3;-1/p-2. The quantitative estimate of drug-likeness (QED) is 0.104. The summed E-state index contributed by atoms with van der Waals surface area (Å²) < 4.78 is 10.4. The molecule has 4 rings (SSSR count). The Labute approximate surface area is 236 Å². The molecular weight excluding hydrogens is 613 g/mol. The van der Waals surface area contributed by atoms with Crippen LogP contribution in [-0.4, -0.2) is 30.6 Å². The van der Waals surface area contributed by atoms with E-state index in [4.69, 9.17) is 24.2 Å². The van der Waals surface area contributed by atoms with E-state index in [0.717, 1.165) is 0 Å². The van der Waals surface area contributed by atoms with Gasteiger partial charge in [-0.05, 0) is 25.0 Å². The average molecular weight is 631 g/mol. The summed E-state index contributed by atoms with van der Waals surface area (Å²) in [6, 6.07) is 8.76. The third kappa shape index (κ3) is 7.35. The van der Waals surface area contributed by atoms with Crippen molar-refractivity contribution < 1.29 is 59.7 Å². The molecule has 37 heavy (non-hydrogen) atoms. The van der Waals surface area contributed by atoms with E-state index in [9.17, 15) is 19.8 Å². The molecule has 2 aromatic carbocycles. The molecule has 0 radical (unpaired) electrons. The summed E-state index contributed by atoms with van der Waals surface area (Å²) in [6.45, 7) is 3.98. The molecule has 0 N–H and O–H groups in total. The van der Waals surface area contributed by atoms with Crippen LogP contribution in [0.25, 0.3) is 21.9 Å². The van der Waals surface area contributed by atoms with Crippen molar-refractivity contribution in [2.75, 3.05) is 13.1 Å². The van der Waals surface area contributed by atoms with Crippen molar-refractivity contribution in [1.29, 1.82) is 0 Å². The molecule has 186 valence electrons. The number of aliphatic imine (C=N–C) groups is 2. The van der Waals surface area contributed by atoms with E-state index in [1.54, 1.807) is 26.0 Å². The van der Waals surface area contributed by atoms with Crippen LogP contribution in [0.4, 0.5) is 0 Å². The summed E-state index contributed by atoms with van der Waals surface area (Å²) in [5.41, 5.74) is 1.14. The zero-order chi connectivity index (χ0) is 26.4. The van der Waals surface area contributed by atoms with Gasteiger partial charge in [-0.25, -0.2) is 9.59 Å². The Morgan fingerprint density at radius 2 is 1.14 bits per heavy atom. The molecule has 0 bridgehead atoms. The maximum Gasteiger partial charge on any atom is 3.00 e. The van der Waals surface area contributed by atoms with Crippen molar-refractivity contribution in [3.05, 3.63) is 94.8 Å². The van der Waals surface area contributed by atoms with Gasteiger partial charge in [-0.1, -0.05) is 35.8 Å². The van der Waals surface area contributed by atoms with Gasteiger partial charge in [0.1, 0.15) is 11.2 Å². The predicted octanol–water partition coefficient (Wildman–Crippen LogP) is 1.96. The third-order valence-corrected chi connectivity index (χ3v) is 5.03. The molecule has 0 saturated heterocycles. The van der Waals surface area contributed by atoms with Gasteiger partial charge in [-0.15, -0.1) is 0 Å². The first-order chi connectivity index (χ1) is 17.1. The summed E-state index contributed by atoms with van der Waals surface area (Å²) in [4.78, 5) is 40.0. The molecule has 0 atom stereocenters. The van der Waals surface area contributed by atoms with Crippen LogP contribution in [0.5, 0.6) is 11.5 Å². The Morgan fingerprint density at radius 3 is 1.49 bits per heavy atom. The summed E-state index contributed by atoms with van der Waals surface area (Å²) >= 11 is 0. The molecular formula is C24H18LaN3O9. The molecule has 0 aliphatic rings. The largest absolute Gasteiger partial charge is 3.00 e. The second-order valence-electron chi connectivity index (χ2n) is 7.50. The fraction of sp³-hybridized carbons (Fsp3) is 0.167. The number of nitrogens with zero attached hydrogens (tertiary/aromatic N) is 3. The van der Waals surface area contributed by atoms with Crippen LogP contribution in [0.15, 0.2) is 64.8 Å². The first-order valence-electron chi connectivity index (χ1n) is 10.4. The second kappa shape index (κ2) is 12.9. The summed E-state index contributed by atoms with van der Waals surface area (Å²) in [5, 5.41) is 40.5. The van der Waals surface area contributed by atoms with Gasteiger partial charge < -0.3 is 34.4 Å². The van der Waals surface area contributed by atoms with Crippen LogP contribution < -0.4 is 21.5 Å². The van der Waals surface area contributed by atoms with Gasteiger partial charge in [0.2, 0.25) is 0 Å². The first kappa shape index (κ1) is 29.4. The van der Waals surface area contributed by atoms with E-state index in [2.05, 4.69) is 9.98 Å². The van der Waals surface area contributed by atoms with Crippen LogP contribution in [0.1, 0.15) is 22.3 Å². The number of fused-ring (bicyclic) bond motifs is 2. The number of benzene rings is 2. The van der Waals surface area contributed by atoms with E-state index in [0.29, 0.717) is 21.9 Å². The smallest absolute Gasteiger partial charge is 0.872 e. The Balaban J connectivity index is 0.000000898. The zero-order valence-electron chi connectivity index (χ0n) is 19.6. The normalized spacial score (nSPS) is 11.0. The minimum absolute atomic E-state index is 0. The molecule has 12 nitrogen and oxygen atoms in total. The van der Waals surface area contributed by atoms with Crippen molar-refractivity contribution in [3.8, 4) is 11.5 Å². The predicted molar refractivity (Wildman–Crippen MR) is 129 cm³/mol. The van der Waals surface area contributed by atoms with Gasteiger partial charge in [-0.2, -0.15) is 0 Å². The van der Waals surface area contributed by atoms with E-state index in [-0.39, 0.29) is 82.5 Å². The Bertz CT molecular complexity index is 1510. The van der Waals surface area contributed by atoms with Crippen LogP contribution in [0.2, 0.25) is 0 Å². The van der Waals surface area contributed by atoms with Gasteiger partial charge >= 0.3 is 46.9 Å². The molecule has 0 unspecified atom stereocenters. The summed E-state index contributed by atoms with van der Waals surface area (Å²) in [6.07, 6.45) is 2.73. The Hall–Kier alpha value is -3.81. The second-order valence-corrected chi connectivity index (χ2v) is 7.50. The van der Waals surface area contributed by atoms with Crippen molar-refractivity contribution in [2.45, 2.75) is 13.8 Å². The summed E-state index contributed by atoms with van der Waals surface area (Å²) in [7, 11) is 0. The molecule has 0 saturated carbocycles. The van der Waals surface area contributed by atoms with Gasteiger partial charge in [0, 0.05) is 46.5 Å². The molecule has 0 fully saturated rings. The Morgan fingerprint density at radius 1 is 0.784 bits per heavy atom. The van der Waals surface area contributed by atoms with E-state index < -0.39 is 16.3 Å². The molecule has 0 aliphatic heterocycles. The van der Waals surface area contributed by atoms with Crippen molar-refractivity contribution in [1.82, 2.24) is 0 Å². The monoisotopic (exact) mass is 631 g/mol. The van der Waals surface area contributed by atoms with Gasteiger partial charge in [0.15, 0.2) is 0 Å². The molecule has 2 heterocycles. The van der Waals surface area contributed by atoms with Crippen LogP contribution in [0, 0.1) is 64.8 Å². The van der Waals surface area contributed by atoms with Gasteiger partial charge in [0.05, 0.1) is 18.2 Å². The van der Waals surface area contributed by atoms with Crippen molar-refractivity contribution in [2.24, 2.45) is 9.98 Å². The maximum atomic E-state index is 12.2. The minimum atomic E-state index is -1.75. The molecule has 2 aromatic heterocycles. The fourth-order valence-corrected chi connectivity index (χ4v) is 3.44. The van der Waals surface area contributed by atoms with E-state index in [1.165, 1.54) is 36.7 Å². The molecule has 0 aliphatic carbocycles. The number of aryl methyl sites for hydroxylation is 2. The first-order valence-corrected chi connectivity index (χ1v) is 10.4. The topological polar surface area (TPSA) is 197 Å².